The highest BCUT2D eigenvalue weighted by Crippen LogP contribution is 2.34. The van der Waals surface area contributed by atoms with E-state index in [-0.39, 0.29) is 5.91 Å². The number of benzene rings is 1. The van der Waals surface area contributed by atoms with Crippen LogP contribution in [0.15, 0.2) is 36.4 Å². The lowest BCUT2D eigenvalue weighted by atomic mass is 10.1. The number of aromatic amines is 1. The molecule has 5 nitrogen and oxygen atoms in total. The number of hydrogen-bond acceptors (Lipinski definition) is 3. The Hall–Kier alpha value is -2.69. The summed E-state index contributed by atoms with van der Waals surface area (Å²) < 4.78 is 0. The quantitative estimate of drug-likeness (QED) is 0.789. The normalized spacial score (nSPS) is 15.3. The Morgan fingerprint density at radius 3 is 2.74 bits per heavy atom. The second-order valence-electron chi connectivity index (χ2n) is 5.92. The Kier molecular flexibility index (Phi) is 3.33. The second-order valence-corrected chi connectivity index (χ2v) is 5.92. The molecule has 23 heavy (non-hydrogen) atoms. The minimum absolute atomic E-state index is 0.139. The van der Waals surface area contributed by atoms with Crippen molar-refractivity contribution in [3.8, 4) is 22.6 Å². The summed E-state index contributed by atoms with van der Waals surface area (Å²) in [6.45, 7) is 2.63. The van der Waals surface area contributed by atoms with E-state index in [0.29, 0.717) is 12.2 Å². The molecule has 3 aliphatic rings. The largest absolute Gasteiger partial charge is 0.342 e. The first-order valence-electron chi connectivity index (χ1n) is 7.95. The third kappa shape index (κ3) is 2.48. The number of rotatable bonds is 2. The fourth-order valence-electron chi connectivity index (χ4n) is 3.09. The minimum atomic E-state index is 0.139. The van der Waals surface area contributed by atoms with E-state index >= 15 is 0 Å². The van der Waals surface area contributed by atoms with Crippen LogP contribution < -0.4 is 4.90 Å². The van der Waals surface area contributed by atoms with Gasteiger partial charge in [0.25, 0.3) is 0 Å². The van der Waals surface area contributed by atoms with Gasteiger partial charge in [0.05, 0.1) is 11.4 Å². The third-order valence-electron chi connectivity index (χ3n) is 4.22. The van der Waals surface area contributed by atoms with Crippen molar-refractivity contribution in [2.45, 2.75) is 26.2 Å². The number of nitrogens with one attached hydrogen (secondary N) is 1. The SMILES string of the molecule is Cc1nc(N2CCCCC2=O)c2nc(-c3ccccc3)cc-2[nH]1. The standard InChI is InChI=1S/C18H18N4O/c1-12-19-15-11-14(13-7-3-2-4-8-13)21-17(15)18(20-12)22-10-6-5-9-16(22)23/h2-4,7-8,11H,5-6,9-10H2,1H3,(H,19,20). The van der Waals surface area contributed by atoms with Gasteiger partial charge in [-0.25, -0.2) is 9.97 Å². The molecule has 0 aliphatic carbocycles. The van der Waals surface area contributed by atoms with Gasteiger partial charge in [-0.2, -0.15) is 0 Å². The van der Waals surface area contributed by atoms with E-state index in [1.807, 2.05) is 43.3 Å². The number of H-pyrrole nitrogens is 1. The Bertz CT molecular complexity index is 824. The van der Waals surface area contributed by atoms with E-state index in [1.165, 1.54) is 0 Å². The molecule has 1 saturated heterocycles. The number of hydrogen-bond donors (Lipinski definition) is 1. The van der Waals surface area contributed by atoms with Gasteiger partial charge in [0.2, 0.25) is 5.91 Å². The number of anilines is 1. The number of carbonyl (C=O) groups is 1. The third-order valence-corrected chi connectivity index (χ3v) is 4.22. The van der Waals surface area contributed by atoms with Gasteiger partial charge in [-0.05, 0) is 25.8 Å². The number of carbonyl (C=O) groups excluding carboxylic acids is 1. The number of piperidine rings is 1. The molecule has 0 saturated carbocycles. The molecule has 0 bridgehead atoms. The summed E-state index contributed by atoms with van der Waals surface area (Å²) in [6.07, 6.45) is 2.56. The molecule has 1 N–H and O–H groups in total. The Morgan fingerprint density at radius 1 is 1.13 bits per heavy atom. The summed E-state index contributed by atoms with van der Waals surface area (Å²) in [5, 5.41) is 0. The van der Waals surface area contributed by atoms with Gasteiger partial charge in [-0.1, -0.05) is 30.3 Å². The first-order valence-corrected chi connectivity index (χ1v) is 7.95. The summed E-state index contributed by atoms with van der Waals surface area (Å²) >= 11 is 0. The van der Waals surface area contributed by atoms with Crippen molar-refractivity contribution in [2.24, 2.45) is 0 Å². The fraction of sp³-hybridized carbons (Fsp3) is 0.278. The van der Waals surface area contributed by atoms with Gasteiger partial charge < -0.3 is 4.98 Å². The molecule has 0 aromatic heterocycles. The topological polar surface area (TPSA) is 61.9 Å². The Labute approximate surface area is 134 Å². The van der Waals surface area contributed by atoms with Gasteiger partial charge in [0.15, 0.2) is 5.82 Å². The number of nitrogens with zero attached hydrogens (tertiary/aromatic N) is 3. The van der Waals surface area contributed by atoms with Crippen LogP contribution in [0.25, 0.3) is 22.6 Å². The molecular formula is C18H18N4O. The summed E-state index contributed by atoms with van der Waals surface area (Å²) in [4.78, 5) is 26.6. The van der Waals surface area contributed by atoms with E-state index in [9.17, 15) is 4.79 Å². The maximum absolute atomic E-state index is 12.3. The predicted octanol–water partition coefficient (Wildman–Crippen LogP) is 3.40. The lowest BCUT2D eigenvalue weighted by molar-refractivity contribution is -0.119. The zero-order chi connectivity index (χ0) is 15.8. The molecular weight excluding hydrogens is 288 g/mol. The number of aromatic nitrogens is 3. The molecule has 1 aromatic carbocycles. The number of aryl methyl sites for hydroxylation is 1. The molecule has 0 atom stereocenters. The molecule has 1 fully saturated rings. The van der Waals surface area contributed by atoms with Crippen LogP contribution in [0.4, 0.5) is 5.82 Å². The lowest BCUT2D eigenvalue weighted by Crippen LogP contribution is -2.36. The molecule has 1 aromatic rings. The van der Waals surface area contributed by atoms with E-state index in [0.717, 1.165) is 47.9 Å². The summed E-state index contributed by atoms with van der Waals surface area (Å²) in [7, 11) is 0. The average Bonchev–Trinajstić information content (AvgIpc) is 2.99. The van der Waals surface area contributed by atoms with E-state index < -0.39 is 0 Å². The second kappa shape index (κ2) is 5.50. The van der Waals surface area contributed by atoms with Crippen molar-refractivity contribution < 1.29 is 4.79 Å². The molecule has 4 rings (SSSR count). The van der Waals surface area contributed by atoms with Crippen LogP contribution in [0.3, 0.4) is 0 Å². The van der Waals surface area contributed by atoms with Crippen molar-refractivity contribution in [1.82, 2.24) is 15.0 Å². The maximum atomic E-state index is 12.3. The van der Waals surface area contributed by atoms with Crippen LogP contribution in [-0.4, -0.2) is 27.4 Å². The van der Waals surface area contributed by atoms with Gasteiger partial charge >= 0.3 is 0 Å². The summed E-state index contributed by atoms with van der Waals surface area (Å²) in [6, 6.07) is 12.1. The summed E-state index contributed by atoms with van der Waals surface area (Å²) in [5.41, 5.74) is 3.65. The van der Waals surface area contributed by atoms with E-state index in [4.69, 9.17) is 4.98 Å². The molecule has 3 heterocycles. The van der Waals surface area contributed by atoms with Gasteiger partial charge in [-0.15, -0.1) is 0 Å². The highest BCUT2D eigenvalue weighted by atomic mass is 16.2. The number of fused-ring (bicyclic) bond motifs is 1. The van der Waals surface area contributed by atoms with Crippen LogP contribution >= 0.6 is 0 Å². The van der Waals surface area contributed by atoms with Crippen molar-refractivity contribution in [3.05, 3.63) is 42.2 Å². The van der Waals surface area contributed by atoms with Crippen LogP contribution in [-0.2, 0) is 4.79 Å². The van der Waals surface area contributed by atoms with Crippen LogP contribution in [0.2, 0.25) is 0 Å². The van der Waals surface area contributed by atoms with Crippen molar-refractivity contribution in [1.29, 1.82) is 0 Å². The van der Waals surface area contributed by atoms with Crippen molar-refractivity contribution >= 4 is 11.7 Å². The zero-order valence-corrected chi connectivity index (χ0v) is 13.0. The fourth-order valence-corrected chi connectivity index (χ4v) is 3.09. The van der Waals surface area contributed by atoms with E-state index in [1.54, 1.807) is 4.90 Å². The lowest BCUT2D eigenvalue weighted by Gasteiger charge is -2.27. The molecule has 0 spiro atoms. The molecule has 3 aliphatic heterocycles. The van der Waals surface area contributed by atoms with Crippen molar-refractivity contribution in [3.63, 3.8) is 0 Å². The van der Waals surface area contributed by atoms with Gasteiger partial charge in [-0.3, -0.25) is 9.69 Å². The maximum Gasteiger partial charge on any atom is 0.228 e. The molecule has 5 heteroatoms. The molecule has 0 unspecified atom stereocenters. The smallest absolute Gasteiger partial charge is 0.228 e. The zero-order valence-electron chi connectivity index (χ0n) is 13.0. The Balaban J connectivity index is 1.85. The van der Waals surface area contributed by atoms with Crippen LogP contribution in [0.5, 0.6) is 0 Å². The average molecular weight is 306 g/mol. The molecule has 116 valence electrons. The van der Waals surface area contributed by atoms with Crippen LogP contribution in [0, 0.1) is 6.92 Å². The minimum Gasteiger partial charge on any atom is -0.342 e. The highest BCUT2D eigenvalue weighted by molar-refractivity contribution is 5.96. The first kappa shape index (κ1) is 13.9. The molecule has 0 radical (unpaired) electrons. The Morgan fingerprint density at radius 2 is 1.96 bits per heavy atom. The van der Waals surface area contributed by atoms with Gasteiger partial charge in [0.1, 0.15) is 11.5 Å². The summed E-state index contributed by atoms with van der Waals surface area (Å²) in [5.74, 6) is 1.61. The monoisotopic (exact) mass is 306 g/mol. The number of amides is 1. The van der Waals surface area contributed by atoms with Gasteiger partial charge in [0, 0.05) is 18.5 Å². The molecule has 1 amide bonds. The highest BCUT2D eigenvalue weighted by Gasteiger charge is 2.27. The van der Waals surface area contributed by atoms with Crippen molar-refractivity contribution in [2.75, 3.05) is 11.4 Å². The van der Waals surface area contributed by atoms with Crippen LogP contribution in [0.1, 0.15) is 25.1 Å². The predicted molar refractivity (Wildman–Crippen MR) is 89.4 cm³/mol. The van der Waals surface area contributed by atoms with E-state index in [2.05, 4.69) is 9.97 Å². The first-order chi connectivity index (χ1) is 11.2.